The zero-order valence-corrected chi connectivity index (χ0v) is 14.5. The van der Waals surface area contributed by atoms with E-state index in [-0.39, 0.29) is 5.91 Å². The highest BCUT2D eigenvalue weighted by atomic mass is 79.9. The monoisotopic (exact) mass is 386 g/mol. The SMILES string of the molecule is COc1cc(NC(=O)Cc2cccc(Br)c2)ccc1-c1cnco1. The highest BCUT2D eigenvalue weighted by Gasteiger charge is 2.11. The van der Waals surface area contributed by atoms with Crippen LogP contribution in [0.25, 0.3) is 11.3 Å². The maximum atomic E-state index is 12.2. The Balaban J connectivity index is 1.74. The van der Waals surface area contributed by atoms with Gasteiger partial charge in [-0.3, -0.25) is 4.79 Å². The van der Waals surface area contributed by atoms with Crippen LogP contribution < -0.4 is 10.1 Å². The topological polar surface area (TPSA) is 64.4 Å². The second-order valence-electron chi connectivity index (χ2n) is 5.14. The Morgan fingerprint density at radius 2 is 2.17 bits per heavy atom. The number of carbonyl (C=O) groups is 1. The summed E-state index contributed by atoms with van der Waals surface area (Å²) in [6.45, 7) is 0. The quantitative estimate of drug-likeness (QED) is 0.709. The minimum atomic E-state index is -0.0948. The van der Waals surface area contributed by atoms with Gasteiger partial charge in [0.15, 0.2) is 12.2 Å². The molecular weight excluding hydrogens is 372 g/mol. The van der Waals surface area contributed by atoms with Crippen molar-refractivity contribution in [1.29, 1.82) is 0 Å². The summed E-state index contributed by atoms with van der Waals surface area (Å²) in [5.74, 6) is 1.12. The zero-order valence-electron chi connectivity index (χ0n) is 13.0. The van der Waals surface area contributed by atoms with Crippen LogP contribution in [0.5, 0.6) is 5.75 Å². The molecule has 122 valence electrons. The molecule has 0 aliphatic heterocycles. The number of rotatable bonds is 5. The predicted molar refractivity (Wildman–Crippen MR) is 95.0 cm³/mol. The third-order valence-corrected chi connectivity index (χ3v) is 3.93. The molecule has 1 N–H and O–H groups in total. The summed E-state index contributed by atoms with van der Waals surface area (Å²) in [6, 6.07) is 13.1. The number of amides is 1. The normalized spacial score (nSPS) is 10.4. The lowest BCUT2D eigenvalue weighted by atomic mass is 10.1. The van der Waals surface area contributed by atoms with Crippen LogP contribution in [0.4, 0.5) is 5.69 Å². The minimum absolute atomic E-state index is 0.0948. The number of hydrogen-bond acceptors (Lipinski definition) is 4. The average Bonchev–Trinajstić information content (AvgIpc) is 3.09. The first-order valence-corrected chi connectivity index (χ1v) is 8.06. The van der Waals surface area contributed by atoms with Gasteiger partial charge in [-0.15, -0.1) is 0 Å². The molecule has 2 aromatic carbocycles. The fourth-order valence-electron chi connectivity index (χ4n) is 2.36. The van der Waals surface area contributed by atoms with Crippen molar-refractivity contribution in [3.05, 3.63) is 65.1 Å². The first-order chi connectivity index (χ1) is 11.7. The molecular formula is C18H15BrN2O3. The maximum absolute atomic E-state index is 12.2. The molecule has 1 heterocycles. The number of hydrogen-bond donors (Lipinski definition) is 1. The summed E-state index contributed by atoms with van der Waals surface area (Å²) in [4.78, 5) is 16.1. The van der Waals surface area contributed by atoms with E-state index < -0.39 is 0 Å². The number of nitrogens with one attached hydrogen (secondary N) is 1. The molecule has 24 heavy (non-hydrogen) atoms. The van der Waals surface area contributed by atoms with E-state index in [2.05, 4.69) is 26.2 Å². The lowest BCUT2D eigenvalue weighted by molar-refractivity contribution is -0.115. The van der Waals surface area contributed by atoms with Crippen molar-refractivity contribution in [2.45, 2.75) is 6.42 Å². The summed E-state index contributed by atoms with van der Waals surface area (Å²) >= 11 is 3.40. The van der Waals surface area contributed by atoms with Crippen LogP contribution in [0, 0.1) is 0 Å². The van der Waals surface area contributed by atoms with Gasteiger partial charge in [0, 0.05) is 16.2 Å². The fourth-order valence-corrected chi connectivity index (χ4v) is 2.81. The standard InChI is InChI=1S/C18H15BrN2O3/c1-23-16-9-14(5-6-15(16)17-10-20-11-24-17)21-18(22)8-12-3-2-4-13(19)7-12/h2-7,9-11H,8H2,1H3,(H,21,22). The van der Waals surface area contributed by atoms with Gasteiger partial charge in [-0.25, -0.2) is 4.98 Å². The molecule has 0 bridgehead atoms. The lowest BCUT2D eigenvalue weighted by Crippen LogP contribution is -2.14. The van der Waals surface area contributed by atoms with E-state index in [0.29, 0.717) is 23.6 Å². The molecule has 0 fully saturated rings. The van der Waals surface area contributed by atoms with Gasteiger partial charge in [-0.2, -0.15) is 0 Å². The maximum Gasteiger partial charge on any atom is 0.228 e. The summed E-state index contributed by atoms with van der Waals surface area (Å²) in [6.07, 6.45) is 3.28. The predicted octanol–water partition coefficient (Wildman–Crippen LogP) is 4.29. The van der Waals surface area contributed by atoms with Gasteiger partial charge in [0.25, 0.3) is 0 Å². The molecule has 3 aromatic rings. The van der Waals surface area contributed by atoms with Gasteiger partial charge in [-0.1, -0.05) is 28.1 Å². The zero-order chi connectivity index (χ0) is 16.9. The Kier molecular flexibility index (Phi) is 4.96. The van der Waals surface area contributed by atoms with Gasteiger partial charge in [0.05, 0.1) is 25.3 Å². The number of aromatic nitrogens is 1. The van der Waals surface area contributed by atoms with E-state index in [1.165, 1.54) is 6.39 Å². The van der Waals surface area contributed by atoms with E-state index in [1.54, 1.807) is 25.4 Å². The molecule has 0 saturated heterocycles. The van der Waals surface area contributed by atoms with Crippen LogP contribution in [-0.4, -0.2) is 18.0 Å². The lowest BCUT2D eigenvalue weighted by Gasteiger charge is -2.10. The smallest absolute Gasteiger partial charge is 0.228 e. The van der Waals surface area contributed by atoms with Crippen LogP contribution in [-0.2, 0) is 11.2 Å². The average molecular weight is 387 g/mol. The number of halogens is 1. The molecule has 3 rings (SSSR count). The number of methoxy groups -OCH3 is 1. The first-order valence-electron chi connectivity index (χ1n) is 7.27. The Bertz CT molecular complexity index is 847. The van der Waals surface area contributed by atoms with Crippen LogP contribution in [0.2, 0.25) is 0 Å². The molecule has 6 heteroatoms. The largest absolute Gasteiger partial charge is 0.496 e. The fraction of sp³-hybridized carbons (Fsp3) is 0.111. The van der Waals surface area contributed by atoms with Crippen molar-refractivity contribution >= 4 is 27.5 Å². The van der Waals surface area contributed by atoms with Gasteiger partial charge in [0.2, 0.25) is 5.91 Å². The third kappa shape index (κ3) is 3.83. The molecule has 0 radical (unpaired) electrons. The molecule has 0 unspecified atom stereocenters. The van der Waals surface area contributed by atoms with E-state index in [0.717, 1.165) is 15.6 Å². The molecule has 0 aliphatic rings. The summed E-state index contributed by atoms with van der Waals surface area (Å²) in [5.41, 5.74) is 2.38. The first kappa shape index (κ1) is 16.3. The molecule has 0 atom stereocenters. The highest BCUT2D eigenvalue weighted by molar-refractivity contribution is 9.10. The van der Waals surface area contributed by atoms with Crippen molar-refractivity contribution in [2.24, 2.45) is 0 Å². The molecule has 0 spiro atoms. The number of nitrogens with zero attached hydrogens (tertiary/aromatic N) is 1. The number of ether oxygens (including phenoxy) is 1. The Morgan fingerprint density at radius 1 is 1.29 bits per heavy atom. The third-order valence-electron chi connectivity index (χ3n) is 3.44. The minimum Gasteiger partial charge on any atom is -0.496 e. The Labute approximate surface area is 147 Å². The number of carbonyl (C=O) groups excluding carboxylic acids is 1. The van der Waals surface area contributed by atoms with E-state index >= 15 is 0 Å². The Morgan fingerprint density at radius 3 is 2.88 bits per heavy atom. The molecule has 5 nitrogen and oxygen atoms in total. The van der Waals surface area contributed by atoms with Crippen LogP contribution in [0.3, 0.4) is 0 Å². The number of oxazole rings is 1. The second kappa shape index (κ2) is 7.31. The molecule has 0 aliphatic carbocycles. The number of benzene rings is 2. The van der Waals surface area contributed by atoms with Crippen molar-refractivity contribution in [3.8, 4) is 17.1 Å². The van der Waals surface area contributed by atoms with Crippen LogP contribution in [0.1, 0.15) is 5.56 Å². The van der Waals surface area contributed by atoms with Crippen molar-refractivity contribution in [2.75, 3.05) is 12.4 Å². The van der Waals surface area contributed by atoms with Crippen LogP contribution in [0.15, 0.2) is 63.9 Å². The van der Waals surface area contributed by atoms with Gasteiger partial charge in [-0.05, 0) is 29.8 Å². The van der Waals surface area contributed by atoms with Crippen molar-refractivity contribution < 1.29 is 13.9 Å². The summed E-state index contributed by atoms with van der Waals surface area (Å²) in [7, 11) is 1.57. The van der Waals surface area contributed by atoms with Gasteiger partial charge >= 0.3 is 0 Å². The van der Waals surface area contributed by atoms with Gasteiger partial charge < -0.3 is 14.5 Å². The van der Waals surface area contributed by atoms with E-state index in [9.17, 15) is 4.79 Å². The summed E-state index contributed by atoms with van der Waals surface area (Å²) in [5, 5.41) is 2.88. The van der Waals surface area contributed by atoms with Crippen molar-refractivity contribution in [1.82, 2.24) is 4.98 Å². The highest BCUT2D eigenvalue weighted by Crippen LogP contribution is 2.32. The van der Waals surface area contributed by atoms with E-state index in [4.69, 9.17) is 9.15 Å². The molecule has 1 amide bonds. The Hall–Kier alpha value is -2.60. The van der Waals surface area contributed by atoms with Gasteiger partial charge in [0.1, 0.15) is 5.75 Å². The summed E-state index contributed by atoms with van der Waals surface area (Å²) < 4.78 is 11.6. The second-order valence-corrected chi connectivity index (χ2v) is 6.05. The molecule has 1 aromatic heterocycles. The van der Waals surface area contributed by atoms with E-state index in [1.807, 2.05) is 30.3 Å². The van der Waals surface area contributed by atoms with Crippen molar-refractivity contribution in [3.63, 3.8) is 0 Å². The van der Waals surface area contributed by atoms with Crippen LogP contribution >= 0.6 is 15.9 Å². The molecule has 0 saturated carbocycles. The number of anilines is 1.